The number of alkyl halides is 2. The lowest BCUT2D eigenvalue weighted by molar-refractivity contribution is -0.113. The van der Waals surface area contributed by atoms with E-state index in [9.17, 15) is 24.8 Å². The maximum Gasteiger partial charge on any atom is 0.488 e. The smallest absolute Gasteiger partial charge is 0.405 e. The molecule has 25 nitrogen and oxygen atoms in total. The quantitative estimate of drug-likeness (QED) is 0.0290. The molecule has 10 aromatic heterocycles. The number of nitrogens with one attached hydrogen (secondary N) is 1. The van der Waals surface area contributed by atoms with Gasteiger partial charge in [-0.05, 0) is 215 Å². The number of pyridine rings is 7. The van der Waals surface area contributed by atoms with Crippen LogP contribution in [-0.2, 0) is 52.7 Å². The number of carbonyl (C=O) groups is 3. The Labute approximate surface area is 844 Å². The van der Waals surface area contributed by atoms with Gasteiger partial charge in [-0.25, -0.2) is 9.50 Å². The van der Waals surface area contributed by atoms with Crippen molar-refractivity contribution in [2.75, 3.05) is 19.8 Å². The molecule has 140 heavy (non-hydrogen) atoms. The first kappa shape index (κ1) is 105. The lowest BCUT2D eigenvalue weighted by Crippen LogP contribution is -2.41. The number of nitrogens with zero attached hydrogens (tertiary/aromatic N) is 14. The van der Waals surface area contributed by atoms with Crippen LogP contribution in [0.5, 0.6) is 0 Å². The Hall–Kier alpha value is -13.6. The summed E-state index contributed by atoms with van der Waals surface area (Å²) in [4.78, 5) is 65.0. The minimum atomic E-state index is -0.613. The molecule has 1 aliphatic carbocycles. The number of carbonyl (C=O) groups excluding carboxylic acids is 3. The third-order valence-corrected chi connectivity index (χ3v) is 25.7. The van der Waals surface area contributed by atoms with Crippen molar-refractivity contribution in [3.8, 4) is 34.4 Å². The zero-order chi connectivity index (χ0) is 100.0. The van der Waals surface area contributed by atoms with Crippen molar-refractivity contribution < 1.29 is 43.2 Å². The number of benzene rings is 8. The van der Waals surface area contributed by atoms with Crippen molar-refractivity contribution in [1.29, 1.82) is 10.5 Å². The molecule has 21 rings (SSSR count). The van der Waals surface area contributed by atoms with E-state index in [4.69, 9.17) is 46.3 Å². The molecule has 0 spiro atoms. The average Bonchev–Trinajstić information content (AvgIpc) is 1.59. The van der Waals surface area contributed by atoms with E-state index in [1.54, 1.807) is 60.2 Å². The number of nitriles is 2. The van der Waals surface area contributed by atoms with Crippen molar-refractivity contribution in [2.24, 2.45) is 0 Å². The number of nitrogens with two attached hydrogens (primary N) is 1. The number of nitrogen functional groups attached to an aromatic ring is 1. The standard InChI is InChI=1S/C15H9BrN4.C14H13N3.C12H24B2O4.C12H15BrO.C12H10N4.C11H8N2.C10H8ClN.C10H9NO.C10H7NO.C3H3BrO2/c16-10-7-18-15-13(8-19-20(15)9-10)11-5-6-17-14-4-2-1-3-12(11)14;1-17(2)10-11(9-15)12-7-8-16-14-6-4-3-5-13(12)14;1-9(2)10(3,4)16-13(15-9)14-17-11(5,6)12(7,8)18-14;13-11-6-4-10(5-7-11)12(14)8-2-1-3-9-12;13-12-10(7-15-16-12)8-5-6-14-11-4-2-1-3-9(8)11;12-7-5-9-6-8-13-11-4-2-1-3-10(9)11;11-7-8-5-6-12-10-4-2-1-3-9(8)10;2*12-7-8-5-6-11-10-4-2-1-3-9(8)10;4-3(1-5)2-6/h1-9H;3-8,10H,1-2H3;1-8H3;4-7,14H,1-3,8-9H2;1-7H,(H3,13,15,16);1-4,6,8H,5H2;1-6H,7H2;1-6,12H,7H2;1-7H;1-3H/b;11-10+;;;;;;;;. The van der Waals surface area contributed by atoms with Gasteiger partial charge in [-0.3, -0.25) is 44.8 Å². The summed E-state index contributed by atoms with van der Waals surface area (Å²) in [7, 11) is 2.86. The van der Waals surface area contributed by atoms with Gasteiger partial charge in [0.2, 0.25) is 0 Å². The topological polar surface area (TPSA) is 355 Å². The van der Waals surface area contributed by atoms with Crippen LogP contribution in [0, 0.1) is 22.7 Å². The van der Waals surface area contributed by atoms with Crippen molar-refractivity contribution in [3.05, 3.63) is 353 Å². The van der Waals surface area contributed by atoms with Gasteiger partial charge in [0.25, 0.3) is 0 Å². The largest absolute Gasteiger partial charge is 0.488 e. The van der Waals surface area contributed by atoms with Crippen LogP contribution in [0.15, 0.2) is 320 Å². The number of halogens is 4. The van der Waals surface area contributed by atoms with E-state index >= 15 is 0 Å². The molecule has 3 aliphatic rings. The van der Waals surface area contributed by atoms with Gasteiger partial charge in [-0.1, -0.05) is 191 Å². The summed E-state index contributed by atoms with van der Waals surface area (Å²) >= 11 is 15.3. The van der Waals surface area contributed by atoms with E-state index < -0.39 is 24.4 Å². The van der Waals surface area contributed by atoms with Gasteiger partial charge in [-0.15, -0.1) is 11.6 Å². The Morgan fingerprint density at radius 1 is 0.493 bits per heavy atom. The number of allylic oxidation sites excluding steroid dienone is 1. The van der Waals surface area contributed by atoms with E-state index in [0.717, 1.165) is 173 Å². The Morgan fingerprint density at radius 2 is 0.893 bits per heavy atom. The molecule has 2 saturated heterocycles. The lowest BCUT2D eigenvalue weighted by atomic mass is 9.49. The molecule has 0 amide bonds. The summed E-state index contributed by atoms with van der Waals surface area (Å²) in [6.45, 7) is 16.3. The van der Waals surface area contributed by atoms with Crippen LogP contribution in [-0.4, -0.2) is 149 Å². The predicted molar refractivity (Wildman–Crippen MR) is 569 cm³/mol. The second-order valence-electron chi connectivity index (χ2n) is 34.7. The molecule has 5 N–H and O–H groups in total. The molecule has 31 heteroatoms. The SMILES string of the molecule is Brc1cnc2c(-c3ccnc4ccccc34)cnn2c1.CC1(C)OB(B2OC(C)(C)C(C)(C)O2)OC1(C)C.CN(C)/C=C(\C#N)c1ccnc2ccccc12.ClCc1ccnc2ccccc12.N#CCc1ccnc2ccccc12.Nc1[nH]ncc1-c1ccnc2ccccc12.O=CC(Br)C=O.O=Cc1ccnc2ccccc12.OC1(c2ccc(Br)cc2)CCCCC1.OCc1ccnc2ccccc12. The second-order valence-corrected chi connectivity index (χ2v) is 37.9. The number of para-hydroxylation sites is 7. The van der Waals surface area contributed by atoms with Gasteiger partial charge < -0.3 is 49.1 Å². The van der Waals surface area contributed by atoms with Crippen LogP contribution in [0.2, 0.25) is 0 Å². The number of hydrogen-bond donors (Lipinski definition) is 4. The highest BCUT2D eigenvalue weighted by Gasteiger charge is 2.64. The summed E-state index contributed by atoms with van der Waals surface area (Å²) in [6.07, 6.45) is 29.0. The Bertz CT molecular complexity index is 7190. The van der Waals surface area contributed by atoms with Gasteiger partial charge in [0.1, 0.15) is 29.3 Å². The van der Waals surface area contributed by atoms with Crippen LogP contribution in [0.1, 0.15) is 126 Å². The molecule has 8 aromatic carbocycles. The first-order valence-corrected chi connectivity index (χ1v) is 48.1. The monoisotopic (exact) mass is 2080 g/mol. The number of anilines is 1. The summed E-state index contributed by atoms with van der Waals surface area (Å²) in [5.74, 6) is 1.12. The maximum absolute atomic E-state index is 10.6. The molecule has 0 unspecified atom stereocenters. The molecule has 710 valence electrons. The molecule has 0 bridgehead atoms. The average molecular weight is 2080 g/mol. The van der Waals surface area contributed by atoms with Crippen molar-refractivity contribution in [2.45, 2.75) is 139 Å². The first-order chi connectivity index (χ1) is 67.5. The predicted octanol–water partition coefficient (Wildman–Crippen LogP) is 23.6. The summed E-state index contributed by atoms with van der Waals surface area (Å²) in [5, 5.41) is 55.7. The van der Waals surface area contributed by atoms with Gasteiger partial charge in [0, 0.05) is 146 Å². The van der Waals surface area contributed by atoms with E-state index in [1.807, 2.05) is 324 Å². The normalized spacial score (nSPS) is 14.3. The highest BCUT2D eigenvalue weighted by molar-refractivity contribution is 9.11. The summed E-state index contributed by atoms with van der Waals surface area (Å²) in [5.41, 5.74) is 21.8. The van der Waals surface area contributed by atoms with Crippen LogP contribution in [0.4, 0.5) is 5.82 Å². The molecule has 12 heterocycles. The Kier molecular flexibility index (Phi) is 37.5. The number of aldehydes is 3. The highest BCUT2D eigenvalue weighted by atomic mass is 79.9. The van der Waals surface area contributed by atoms with Crippen molar-refractivity contribution in [3.63, 3.8) is 0 Å². The molecule has 1 saturated carbocycles. The van der Waals surface area contributed by atoms with Crippen LogP contribution < -0.4 is 5.73 Å². The number of aromatic nitrogens is 12. The van der Waals surface area contributed by atoms with Crippen LogP contribution >= 0.6 is 59.4 Å². The molecule has 0 radical (unpaired) electrons. The molecular weight excluding hydrogens is 1970 g/mol. The number of aliphatic hydroxyl groups excluding tert-OH is 1. The van der Waals surface area contributed by atoms with Gasteiger partial charge in [0.15, 0.2) is 11.9 Å². The maximum atomic E-state index is 10.6. The number of H-pyrrole nitrogens is 1. The van der Waals surface area contributed by atoms with E-state index in [-0.39, 0.29) is 29.0 Å². The Balaban J connectivity index is 0.000000141. The minimum absolute atomic E-state index is 0.0725. The van der Waals surface area contributed by atoms with Gasteiger partial charge in [0.05, 0.1) is 108 Å². The number of rotatable bonds is 12. The molecule has 3 fully saturated rings. The highest BCUT2D eigenvalue weighted by Crippen LogP contribution is 2.44. The van der Waals surface area contributed by atoms with Crippen LogP contribution in [0.25, 0.3) is 110 Å². The van der Waals surface area contributed by atoms with E-state index in [1.165, 1.54) is 6.42 Å². The minimum Gasteiger partial charge on any atom is -0.405 e. The molecular formula is C109H106B2Br3ClN16O9. The molecule has 18 aromatic rings. The number of fused-ring (bicyclic) bond motifs is 8. The number of aliphatic hydroxyl groups is 2. The van der Waals surface area contributed by atoms with Crippen LogP contribution in [0.3, 0.4) is 0 Å². The lowest BCUT2D eigenvalue weighted by Gasteiger charge is -2.32. The number of aromatic amines is 1. The number of hydrogen-bond acceptors (Lipinski definition) is 23. The fourth-order valence-corrected chi connectivity index (χ4v) is 16.2. The third-order valence-electron chi connectivity index (χ3n) is 24.0. The Morgan fingerprint density at radius 3 is 1.33 bits per heavy atom. The zero-order valence-electron chi connectivity index (χ0n) is 79.2. The van der Waals surface area contributed by atoms with Gasteiger partial charge >= 0.3 is 14.0 Å². The molecule has 2 aliphatic heterocycles. The van der Waals surface area contributed by atoms with Crippen molar-refractivity contribution in [1.82, 2.24) is 64.6 Å². The summed E-state index contributed by atoms with van der Waals surface area (Å²) in [6, 6.07) is 80.8. The van der Waals surface area contributed by atoms with Crippen molar-refractivity contribution >= 4 is 186 Å². The fraction of sp³-hybridized carbons (Fsp3) is 0.220. The summed E-state index contributed by atoms with van der Waals surface area (Å²) < 4.78 is 27.6. The second kappa shape index (κ2) is 49.8. The fourth-order valence-electron chi connectivity index (χ4n) is 15.4. The zero-order valence-corrected chi connectivity index (χ0v) is 84.7. The van der Waals surface area contributed by atoms with Gasteiger partial charge in [-0.2, -0.15) is 20.7 Å². The van der Waals surface area contributed by atoms with E-state index in [2.05, 4.69) is 121 Å². The third kappa shape index (κ3) is 27.1. The molecule has 0 atom stereocenters. The first-order valence-electron chi connectivity index (χ1n) is 45.1. The van der Waals surface area contributed by atoms with E-state index in [0.29, 0.717) is 41.8 Å².